The maximum Gasteiger partial charge on any atom is 0.253 e. The molecule has 2 aromatic carbocycles. The van der Waals surface area contributed by atoms with Crippen LogP contribution in [0.15, 0.2) is 42.5 Å². The van der Waals surface area contributed by atoms with Crippen LogP contribution in [0.5, 0.6) is 0 Å². The van der Waals surface area contributed by atoms with Crippen LogP contribution < -0.4 is 15.4 Å². The van der Waals surface area contributed by atoms with Gasteiger partial charge < -0.3 is 10.6 Å². The van der Waals surface area contributed by atoms with Gasteiger partial charge in [-0.3, -0.25) is 19.2 Å². The van der Waals surface area contributed by atoms with Crippen molar-refractivity contribution in [1.82, 2.24) is 10.2 Å². The standard InChI is InChI=1S/C22H27ClN4O4S/c1-15(28)24-19-7-8-21(26-32(2,30)31)20(13-19)22(29)25-18-9-11-27(12-10-18)14-16-3-5-17(23)6-4-16/h3-8,13,18,26H,9-12,14H2,1-2H3,(H,24,28)(H,25,29). The lowest BCUT2D eigenvalue weighted by Gasteiger charge is -2.32. The molecule has 0 spiro atoms. The third-order valence-corrected chi connectivity index (χ3v) is 5.96. The number of benzene rings is 2. The van der Waals surface area contributed by atoms with Gasteiger partial charge in [-0.15, -0.1) is 0 Å². The van der Waals surface area contributed by atoms with Gasteiger partial charge in [0.05, 0.1) is 17.5 Å². The average molecular weight is 479 g/mol. The molecule has 32 heavy (non-hydrogen) atoms. The number of piperidine rings is 1. The summed E-state index contributed by atoms with van der Waals surface area (Å²) in [5, 5.41) is 6.33. The fraction of sp³-hybridized carbons (Fsp3) is 0.364. The first-order valence-corrected chi connectivity index (χ1v) is 12.5. The van der Waals surface area contributed by atoms with Gasteiger partial charge in [-0.05, 0) is 48.7 Å². The Morgan fingerprint density at radius 2 is 1.75 bits per heavy atom. The Morgan fingerprint density at radius 1 is 1.09 bits per heavy atom. The van der Waals surface area contributed by atoms with E-state index in [0.29, 0.717) is 10.7 Å². The van der Waals surface area contributed by atoms with Crippen molar-refractivity contribution in [1.29, 1.82) is 0 Å². The van der Waals surface area contributed by atoms with Crippen molar-refractivity contribution in [3.8, 4) is 0 Å². The summed E-state index contributed by atoms with van der Waals surface area (Å²) in [6.07, 6.45) is 2.58. The van der Waals surface area contributed by atoms with Crippen LogP contribution in [0.4, 0.5) is 11.4 Å². The molecule has 0 atom stereocenters. The molecule has 1 saturated heterocycles. The van der Waals surface area contributed by atoms with Crippen molar-refractivity contribution in [2.75, 3.05) is 29.4 Å². The number of carbonyl (C=O) groups excluding carboxylic acids is 2. The number of nitrogens with one attached hydrogen (secondary N) is 3. The fourth-order valence-electron chi connectivity index (χ4n) is 3.65. The molecule has 3 N–H and O–H groups in total. The van der Waals surface area contributed by atoms with E-state index in [1.165, 1.54) is 24.6 Å². The largest absolute Gasteiger partial charge is 0.349 e. The van der Waals surface area contributed by atoms with E-state index < -0.39 is 10.0 Å². The van der Waals surface area contributed by atoms with Crippen molar-refractivity contribution in [2.45, 2.75) is 32.4 Å². The summed E-state index contributed by atoms with van der Waals surface area (Å²) in [5.74, 6) is -0.673. The van der Waals surface area contributed by atoms with Crippen molar-refractivity contribution in [2.24, 2.45) is 0 Å². The first-order chi connectivity index (χ1) is 15.1. The molecule has 0 bridgehead atoms. The molecule has 0 saturated carbocycles. The van der Waals surface area contributed by atoms with Gasteiger partial charge in [-0.2, -0.15) is 0 Å². The Morgan fingerprint density at radius 3 is 2.34 bits per heavy atom. The Bertz CT molecular complexity index is 1080. The number of rotatable bonds is 7. The van der Waals surface area contributed by atoms with E-state index in [1.54, 1.807) is 6.07 Å². The minimum Gasteiger partial charge on any atom is -0.349 e. The summed E-state index contributed by atoms with van der Waals surface area (Å²) < 4.78 is 25.8. The van der Waals surface area contributed by atoms with Gasteiger partial charge in [0.1, 0.15) is 0 Å². The molecule has 3 rings (SSSR count). The molecule has 8 nitrogen and oxygen atoms in total. The fourth-order valence-corrected chi connectivity index (χ4v) is 4.35. The molecule has 0 radical (unpaired) electrons. The van der Waals surface area contributed by atoms with Gasteiger partial charge in [-0.25, -0.2) is 8.42 Å². The average Bonchev–Trinajstić information content (AvgIpc) is 2.71. The zero-order chi connectivity index (χ0) is 23.3. The molecule has 0 unspecified atom stereocenters. The molecule has 2 amide bonds. The van der Waals surface area contributed by atoms with Crippen LogP contribution in [0.1, 0.15) is 35.7 Å². The number of halogens is 1. The molecular formula is C22H27ClN4O4S. The lowest BCUT2D eigenvalue weighted by Crippen LogP contribution is -2.44. The van der Waals surface area contributed by atoms with E-state index >= 15 is 0 Å². The number of nitrogens with zero attached hydrogens (tertiary/aromatic N) is 1. The highest BCUT2D eigenvalue weighted by atomic mass is 35.5. The number of hydrogen-bond donors (Lipinski definition) is 3. The first-order valence-electron chi connectivity index (χ1n) is 10.3. The summed E-state index contributed by atoms with van der Waals surface area (Å²) in [4.78, 5) is 26.7. The highest BCUT2D eigenvalue weighted by Crippen LogP contribution is 2.23. The smallest absolute Gasteiger partial charge is 0.253 e. The predicted molar refractivity (Wildman–Crippen MR) is 126 cm³/mol. The van der Waals surface area contributed by atoms with Crippen LogP contribution in [-0.4, -0.2) is 50.5 Å². The van der Waals surface area contributed by atoms with Crippen LogP contribution in [0, 0.1) is 0 Å². The summed E-state index contributed by atoms with van der Waals surface area (Å²) in [6, 6.07) is 12.2. The molecular weight excluding hydrogens is 452 g/mol. The highest BCUT2D eigenvalue weighted by molar-refractivity contribution is 7.92. The number of amides is 2. The summed E-state index contributed by atoms with van der Waals surface area (Å²) in [5.41, 5.74) is 1.92. The highest BCUT2D eigenvalue weighted by Gasteiger charge is 2.23. The zero-order valence-corrected chi connectivity index (χ0v) is 19.6. The number of anilines is 2. The SMILES string of the molecule is CC(=O)Nc1ccc(NS(C)(=O)=O)c(C(=O)NC2CCN(Cc3ccc(Cl)cc3)CC2)c1. The van der Waals surface area contributed by atoms with Gasteiger partial charge in [0.25, 0.3) is 5.91 Å². The van der Waals surface area contributed by atoms with Crippen molar-refractivity contribution < 1.29 is 18.0 Å². The van der Waals surface area contributed by atoms with Crippen molar-refractivity contribution in [3.63, 3.8) is 0 Å². The van der Waals surface area contributed by atoms with E-state index in [1.807, 2.05) is 24.3 Å². The van der Waals surface area contributed by atoms with Crippen LogP contribution >= 0.6 is 11.6 Å². The monoisotopic (exact) mass is 478 g/mol. The molecule has 0 aliphatic carbocycles. The summed E-state index contributed by atoms with van der Waals surface area (Å²) in [6.45, 7) is 3.83. The van der Waals surface area contributed by atoms with Crippen molar-refractivity contribution >= 4 is 44.8 Å². The van der Waals surface area contributed by atoms with E-state index in [9.17, 15) is 18.0 Å². The van der Waals surface area contributed by atoms with Crippen LogP contribution in [0.2, 0.25) is 5.02 Å². The second kappa shape index (κ2) is 10.3. The maximum atomic E-state index is 13.0. The summed E-state index contributed by atoms with van der Waals surface area (Å²) in [7, 11) is -3.57. The van der Waals surface area contributed by atoms with Crippen LogP contribution in [0.25, 0.3) is 0 Å². The number of sulfonamides is 1. The second-order valence-corrected chi connectivity index (χ2v) is 10.2. The molecule has 1 aliphatic rings. The molecule has 172 valence electrons. The number of hydrogen-bond acceptors (Lipinski definition) is 5. The molecule has 0 aromatic heterocycles. The van der Waals surface area contributed by atoms with E-state index in [0.717, 1.165) is 38.7 Å². The van der Waals surface area contributed by atoms with E-state index in [2.05, 4.69) is 20.3 Å². The van der Waals surface area contributed by atoms with Gasteiger partial charge in [-0.1, -0.05) is 23.7 Å². The molecule has 2 aromatic rings. The van der Waals surface area contributed by atoms with Gasteiger partial charge >= 0.3 is 0 Å². The quantitative estimate of drug-likeness (QED) is 0.567. The Kier molecular flexibility index (Phi) is 7.76. The van der Waals surface area contributed by atoms with Crippen LogP contribution in [-0.2, 0) is 21.4 Å². The number of likely N-dealkylation sites (tertiary alicyclic amines) is 1. The number of carbonyl (C=O) groups is 2. The minimum absolute atomic E-state index is 0.0283. The Hall–Kier alpha value is -2.62. The maximum absolute atomic E-state index is 13.0. The van der Waals surface area contributed by atoms with E-state index in [4.69, 9.17) is 11.6 Å². The molecule has 1 aliphatic heterocycles. The van der Waals surface area contributed by atoms with Crippen LogP contribution in [0.3, 0.4) is 0 Å². The molecule has 1 fully saturated rings. The normalized spacial score (nSPS) is 15.2. The second-order valence-electron chi connectivity index (χ2n) is 7.97. The Labute approximate surface area is 193 Å². The minimum atomic E-state index is -3.57. The van der Waals surface area contributed by atoms with Gasteiger partial charge in [0, 0.05) is 43.3 Å². The van der Waals surface area contributed by atoms with Crippen molar-refractivity contribution in [3.05, 3.63) is 58.6 Å². The first kappa shape index (κ1) is 24.0. The molecule has 10 heteroatoms. The third-order valence-electron chi connectivity index (χ3n) is 5.12. The van der Waals surface area contributed by atoms with Gasteiger partial charge in [0.2, 0.25) is 15.9 Å². The van der Waals surface area contributed by atoms with Gasteiger partial charge in [0.15, 0.2) is 0 Å². The molecule has 1 heterocycles. The third kappa shape index (κ3) is 7.22. The topological polar surface area (TPSA) is 108 Å². The van der Waals surface area contributed by atoms with E-state index in [-0.39, 0.29) is 29.1 Å². The Balaban J connectivity index is 1.64. The zero-order valence-electron chi connectivity index (χ0n) is 18.0. The lowest BCUT2D eigenvalue weighted by molar-refractivity contribution is -0.114. The predicted octanol–water partition coefficient (Wildman–Crippen LogP) is 3.06. The lowest BCUT2D eigenvalue weighted by atomic mass is 10.0. The summed E-state index contributed by atoms with van der Waals surface area (Å²) >= 11 is 5.94.